The molecule has 0 aromatic heterocycles. The zero-order chi connectivity index (χ0) is 12.4. The van der Waals surface area contributed by atoms with Crippen molar-refractivity contribution in [2.24, 2.45) is 0 Å². The van der Waals surface area contributed by atoms with E-state index in [1.165, 1.54) is 6.07 Å². The maximum absolute atomic E-state index is 10.7. The standard InChI is InChI=1S/C12H7BrClNO2/c13-11-10(15(16)17)7-6-9(12(11)14)8-4-2-1-3-5-8/h1-7H. The molecular formula is C12H7BrClNO2. The van der Waals surface area contributed by atoms with Crippen LogP contribution in [0.1, 0.15) is 0 Å². The Hall–Kier alpha value is -1.39. The molecule has 0 bridgehead atoms. The third-order valence-electron chi connectivity index (χ3n) is 2.34. The van der Waals surface area contributed by atoms with Crippen molar-refractivity contribution in [1.29, 1.82) is 0 Å². The van der Waals surface area contributed by atoms with Crippen LogP contribution >= 0.6 is 27.5 Å². The molecule has 0 amide bonds. The van der Waals surface area contributed by atoms with Crippen molar-refractivity contribution >= 4 is 33.2 Å². The van der Waals surface area contributed by atoms with Crippen LogP contribution in [0.15, 0.2) is 46.9 Å². The van der Waals surface area contributed by atoms with Crippen LogP contribution in [0, 0.1) is 10.1 Å². The molecule has 3 nitrogen and oxygen atoms in total. The van der Waals surface area contributed by atoms with E-state index in [4.69, 9.17) is 11.6 Å². The van der Waals surface area contributed by atoms with Gasteiger partial charge in [-0.3, -0.25) is 10.1 Å². The van der Waals surface area contributed by atoms with E-state index >= 15 is 0 Å². The molecule has 17 heavy (non-hydrogen) atoms. The fraction of sp³-hybridized carbons (Fsp3) is 0. The highest BCUT2D eigenvalue weighted by Crippen LogP contribution is 2.39. The number of hydrogen-bond donors (Lipinski definition) is 0. The van der Waals surface area contributed by atoms with Crippen LogP contribution in [0.5, 0.6) is 0 Å². The number of rotatable bonds is 2. The van der Waals surface area contributed by atoms with Crippen LogP contribution in [0.3, 0.4) is 0 Å². The summed E-state index contributed by atoms with van der Waals surface area (Å²) in [5.41, 5.74) is 1.66. The lowest BCUT2D eigenvalue weighted by Gasteiger charge is -2.06. The second-order valence-corrected chi connectivity index (χ2v) is 4.55. The van der Waals surface area contributed by atoms with Crippen molar-refractivity contribution in [2.45, 2.75) is 0 Å². The SMILES string of the molecule is O=[N+]([O-])c1ccc(-c2ccccc2)c(Cl)c1Br. The first-order valence-corrected chi connectivity index (χ1v) is 5.96. The number of halogens is 2. The molecule has 2 aromatic carbocycles. The van der Waals surface area contributed by atoms with Gasteiger partial charge in [-0.1, -0.05) is 41.9 Å². The highest BCUT2D eigenvalue weighted by Gasteiger charge is 2.17. The number of nitro benzene ring substituents is 1. The molecule has 0 unspecified atom stereocenters. The summed E-state index contributed by atoms with van der Waals surface area (Å²) in [6.45, 7) is 0. The van der Waals surface area contributed by atoms with E-state index in [1.54, 1.807) is 6.07 Å². The van der Waals surface area contributed by atoms with Crippen molar-refractivity contribution in [2.75, 3.05) is 0 Å². The largest absolute Gasteiger partial charge is 0.285 e. The minimum absolute atomic E-state index is 0.0327. The second kappa shape index (κ2) is 4.85. The van der Waals surface area contributed by atoms with Gasteiger partial charge in [0.1, 0.15) is 4.47 Å². The van der Waals surface area contributed by atoms with E-state index in [0.29, 0.717) is 9.50 Å². The van der Waals surface area contributed by atoms with Gasteiger partial charge < -0.3 is 0 Å². The Labute approximate surface area is 111 Å². The van der Waals surface area contributed by atoms with Gasteiger partial charge in [0.15, 0.2) is 0 Å². The first-order valence-electron chi connectivity index (χ1n) is 4.79. The second-order valence-electron chi connectivity index (χ2n) is 3.38. The smallest absolute Gasteiger partial charge is 0.258 e. The predicted molar refractivity (Wildman–Crippen MR) is 71.2 cm³/mol. The molecule has 0 radical (unpaired) electrons. The molecule has 0 aliphatic carbocycles. The van der Waals surface area contributed by atoms with Gasteiger partial charge in [-0.2, -0.15) is 0 Å². The number of nitrogens with zero attached hydrogens (tertiary/aromatic N) is 1. The summed E-state index contributed by atoms with van der Waals surface area (Å²) in [7, 11) is 0. The average Bonchev–Trinajstić information content (AvgIpc) is 2.33. The van der Waals surface area contributed by atoms with Crippen LogP contribution in [-0.4, -0.2) is 4.92 Å². The fourth-order valence-electron chi connectivity index (χ4n) is 1.52. The van der Waals surface area contributed by atoms with Crippen LogP contribution in [0.25, 0.3) is 11.1 Å². The lowest BCUT2D eigenvalue weighted by Crippen LogP contribution is -1.91. The van der Waals surface area contributed by atoms with Gasteiger partial charge in [-0.25, -0.2) is 0 Å². The molecule has 0 aliphatic rings. The molecule has 2 aromatic rings. The van der Waals surface area contributed by atoms with E-state index in [1.807, 2.05) is 30.3 Å². The maximum Gasteiger partial charge on any atom is 0.285 e. The molecule has 0 aliphatic heterocycles. The summed E-state index contributed by atoms with van der Waals surface area (Å²) in [4.78, 5) is 10.3. The van der Waals surface area contributed by atoms with E-state index in [9.17, 15) is 10.1 Å². The Morgan fingerprint density at radius 3 is 2.35 bits per heavy atom. The Morgan fingerprint density at radius 1 is 1.12 bits per heavy atom. The zero-order valence-corrected chi connectivity index (χ0v) is 10.9. The summed E-state index contributed by atoms with van der Waals surface area (Å²) < 4.78 is 0.311. The van der Waals surface area contributed by atoms with Crippen molar-refractivity contribution in [3.05, 3.63) is 62.1 Å². The quantitative estimate of drug-likeness (QED) is 0.597. The van der Waals surface area contributed by atoms with Crippen LogP contribution < -0.4 is 0 Å². The number of hydrogen-bond acceptors (Lipinski definition) is 2. The first-order chi connectivity index (χ1) is 8.11. The van der Waals surface area contributed by atoms with Crippen molar-refractivity contribution in [1.82, 2.24) is 0 Å². The molecule has 5 heteroatoms. The molecule has 2 rings (SSSR count). The van der Waals surface area contributed by atoms with Crippen LogP contribution in [0.2, 0.25) is 5.02 Å². The molecule has 0 fully saturated rings. The van der Waals surface area contributed by atoms with E-state index in [2.05, 4.69) is 15.9 Å². The lowest BCUT2D eigenvalue weighted by atomic mass is 10.1. The number of nitro groups is 1. The fourth-order valence-corrected chi connectivity index (χ4v) is 2.28. The summed E-state index contributed by atoms with van der Waals surface area (Å²) >= 11 is 9.28. The van der Waals surface area contributed by atoms with E-state index < -0.39 is 4.92 Å². The average molecular weight is 313 g/mol. The van der Waals surface area contributed by atoms with Crippen molar-refractivity contribution in [3.8, 4) is 11.1 Å². The van der Waals surface area contributed by atoms with Gasteiger partial charge in [0.05, 0.1) is 9.95 Å². The summed E-state index contributed by atoms with van der Waals surface area (Å²) in [5.74, 6) is 0. The third kappa shape index (κ3) is 2.33. The van der Waals surface area contributed by atoms with E-state index in [0.717, 1.165) is 11.1 Å². The van der Waals surface area contributed by atoms with Gasteiger partial charge in [0.25, 0.3) is 5.69 Å². The highest BCUT2D eigenvalue weighted by atomic mass is 79.9. The molecule has 86 valence electrons. The minimum Gasteiger partial charge on any atom is -0.258 e. The Morgan fingerprint density at radius 2 is 1.76 bits per heavy atom. The maximum atomic E-state index is 10.7. The number of benzene rings is 2. The van der Waals surface area contributed by atoms with Gasteiger partial charge >= 0.3 is 0 Å². The molecule has 0 atom stereocenters. The molecule has 0 saturated heterocycles. The Balaban J connectivity index is 2.60. The monoisotopic (exact) mass is 311 g/mol. The van der Waals surface area contributed by atoms with Gasteiger partial charge in [0, 0.05) is 11.6 Å². The first kappa shape index (κ1) is 12.1. The van der Waals surface area contributed by atoms with E-state index in [-0.39, 0.29) is 5.69 Å². The normalized spacial score (nSPS) is 10.2. The van der Waals surface area contributed by atoms with Crippen molar-refractivity contribution < 1.29 is 4.92 Å². The van der Waals surface area contributed by atoms with Crippen LogP contribution in [0.4, 0.5) is 5.69 Å². The highest BCUT2D eigenvalue weighted by molar-refractivity contribution is 9.10. The third-order valence-corrected chi connectivity index (χ3v) is 3.77. The zero-order valence-electron chi connectivity index (χ0n) is 8.56. The summed E-state index contributed by atoms with van der Waals surface area (Å²) in [5, 5.41) is 11.1. The Bertz CT molecular complexity index is 572. The van der Waals surface area contributed by atoms with Crippen LogP contribution in [-0.2, 0) is 0 Å². The predicted octanol–water partition coefficient (Wildman–Crippen LogP) is 4.68. The summed E-state index contributed by atoms with van der Waals surface area (Å²) in [6.07, 6.45) is 0. The molecule has 0 N–H and O–H groups in total. The van der Waals surface area contributed by atoms with Gasteiger partial charge in [-0.05, 0) is 27.6 Å². The molecule has 0 saturated carbocycles. The summed E-state index contributed by atoms with van der Waals surface area (Å²) in [6, 6.07) is 12.6. The topological polar surface area (TPSA) is 43.1 Å². The molecule has 0 heterocycles. The molecule has 0 spiro atoms. The van der Waals surface area contributed by atoms with Gasteiger partial charge in [-0.15, -0.1) is 0 Å². The Kier molecular flexibility index (Phi) is 3.45. The lowest BCUT2D eigenvalue weighted by molar-refractivity contribution is -0.385. The molecular weight excluding hydrogens is 305 g/mol. The van der Waals surface area contributed by atoms with Gasteiger partial charge in [0.2, 0.25) is 0 Å². The minimum atomic E-state index is -0.468. The van der Waals surface area contributed by atoms with Crippen molar-refractivity contribution in [3.63, 3.8) is 0 Å².